The van der Waals surface area contributed by atoms with Crippen LogP contribution >= 0.6 is 11.8 Å². The van der Waals surface area contributed by atoms with Gasteiger partial charge in [-0.2, -0.15) is 0 Å². The summed E-state index contributed by atoms with van der Waals surface area (Å²) in [5.41, 5.74) is 3.14. The first kappa shape index (κ1) is 27.3. The van der Waals surface area contributed by atoms with E-state index in [1.165, 1.54) is 5.56 Å². The minimum absolute atomic E-state index is 0.0263. The van der Waals surface area contributed by atoms with Crippen molar-refractivity contribution in [2.24, 2.45) is 0 Å². The maximum Gasteiger partial charge on any atom is 0.243 e. The molecular formula is C30H36N2O3S. The fourth-order valence-electron chi connectivity index (χ4n) is 3.94. The van der Waals surface area contributed by atoms with Crippen molar-refractivity contribution < 1.29 is 14.3 Å². The molecule has 0 aliphatic rings. The molecule has 0 unspecified atom stereocenters. The zero-order chi connectivity index (χ0) is 25.9. The Morgan fingerprint density at radius 2 is 1.64 bits per heavy atom. The average molecular weight is 505 g/mol. The van der Waals surface area contributed by atoms with E-state index in [1.807, 2.05) is 68.4 Å². The maximum atomic E-state index is 13.7. The van der Waals surface area contributed by atoms with Crippen molar-refractivity contribution in [2.45, 2.75) is 57.1 Å². The summed E-state index contributed by atoms with van der Waals surface area (Å²) >= 11 is 1.65. The highest BCUT2D eigenvalue weighted by atomic mass is 32.2. The molecule has 0 aliphatic heterocycles. The van der Waals surface area contributed by atoms with Gasteiger partial charge in [0.2, 0.25) is 11.8 Å². The van der Waals surface area contributed by atoms with Crippen molar-refractivity contribution in [3.8, 4) is 5.75 Å². The van der Waals surface area contributed by atoms with Gasteiger partial charge in [-0.05, 0) is 56.2 Å². The van der Waals surface area contributed by atoms with Crippen LogP contribution < -0.4 is 10.1 Å². The van der Waals surface area contributed by atoms with E-state index in [-0.39, 0.29) is 17.9 Å². The van der Waals surface area contributed by atoms with Crippen LogP contribution in [0, 0.1) is 6.92 Å². The van der Waals surface area contributed by atoms with E-state index in [2.05, 4.69) is 36.5 Å². The molecule has 6 heteroatoms. The second-order valence-electron chi connectivity index (χ2n) is 9.15. The van der Waals surface area contributed by atoms with Crippen molar-refractivity contribution >= 4 is 23.6 Å². The Morgan fingerprint density at radius 1 is 0.944 bits per heavy atom. The lowest BCUT2D eigenvalue weighted by Crippen LogP contribution is -2.51. The molecule has 5 nitrogen and oxygen atoms in total. The van der Waals surface area contributed by atoms with Crippen LogP contribution in [-0.2, 0) is 22.6 Å². The SMILES string of the molecule is COc1cccc(CN(C(=O)CCSc2ccc(C)cc2)[C@H](Cc2ccccc2)C(=O)NC(C)C)c1. The van der Waals surface area contributed by atoms with Gasteiger partial charge in [0.1, 0.15) is 11.8 Å². The summed E-state index contributed by atoms with van der Waals surface area (Å²) in [5.74, 6) is 1.18. The number of hydrogen-bond acceptors (Lipinski definition) is 4. The van der Waals surface area contributed by atoms with Crippen molar-refractivity contribution in [3.05, 3.63) is 95.6 Å². The fraction of sp³-hybridized carbons (Fsp3) is 0.333. The molecule has 0 aromatic heterocycles. The van der Waals surface area contributed by atoms with Gasteiger partial charge in [-0.3, -0.25) is 9.59 Å². The largest absolute Gasteiger partial charge is 0.497 e. The molecule has 3 rings (SSSR count). The highest BCUT2D eigenvalue weighted by Crippen LogP contribution is 2.22. The predicted molar refractivity (Wildman–Crippen MR) is 147 cm³/mol. The first-order valence-electron chi connectivity index (χ1n) is 12.3. The molecule has 0 spiro atoms. The number of carbonyl (C=O) groups excluding carboxylic acids is 2. The summed E-state index contributed by atoms with van der Waals surface area (Å²) < 4.78 is 5.39. The minimum Gasteiger partial charge on any atom is -0.497 e. The molecule has 36 heavy (non-hydrogen) atoms. The third-order valence-corrected chi connectivity index (χ3v) is 6.81. The number of thioether (sulfide) groups is 1. The molecule has 0 saturated carbocycles. The van der Waals surface area contributed by atoms with Crippen LogP contribution in [0.3, 0.4) is 0 Å². The number of methoxy groups -OCH3 is 1. The lowest BCUT2D eigenvalue weighted by Gasteiger charge is -2.32. The van der Waals surface area contributed by atoms with Gasteiger partial charge >= 0.3 is 0 Å². The number of rotatable bonds is 12. The number of hydrogen-bond donors (Lipinski definition) is 1. The van der Waals surface area contributed by atoms with Crippen molar-refractivity contribution in [3.63, 3.8) is 0 Å². The molecule has 0 heterocycles. The Morgan fingerprint density at radius 3 is 2.31 bits per heavy atom. The van der Waals surface area contributed by atoms with Gasteiger partial charge in [-0.25, -0.2) is 0 Å². The van der Waals surface area contributed by atoms with E-state index in [9.17, 15) is 9.59 Å². The standard InChI is InChI=1S/C30H36N2O3S/c1-22(2)31-30(34)28(20-24-9-6-5-7-10-24)32(21-25-11-8-12-26(19-25)35-4)29(33)17-18-36-27-15-13-23(3)14-16-27/h5-16,19,22,28H,17-18,20-21H2,1-4H3,(H,31,34)/t28-/m1/s1. The third kappa shape index (κ3) is 8.45. The number of aryl methyl sites for hydroxylation is 1. The molecule has 190 valence electrons. The third-order valence-electron chi connectivity index (χ3n) is 5.79. The smallest absolute Gasteiger partial charge is 0.243 e. The maximum absolute atomic E-state index is 13.7. The lowest BCUT2D eigenvalue weighted by atomic mass is 10.0. The summed E-state index contributed by atoms with van der Waals surface area (Å²) in [6.07, 6.45) is 0.781. The van der Waals surface area contributed by atoms with Crippen molar-refractivity contribution in [1.29, 1.82) is 0 Å². The number of ether oxygens (including phenoxy) is 1. The van der Waals surface area contributed by atoms with Crippen LogP contribution in [-0.4, -0.2) is 41.7 Å². The van der Waals surface area contributed by atoms with E-state index in [4.69, 9.17) is 4.74 Å². The molecule has 0 radical (unpaired) electrons. The van der Waals surface area contributed by atoms with Gasteiger partial charge in [-0.15, -0.1) is 11.8 Å². The molecular weight excluding hydrogens is 468 g/mol. The first-order valence-corrected chi connectivity index (χ1v) is 13.3. The van der Waals surface area contributed by atoms with Crippen LogP contribution in [0.2, 0.25) is 0 Å². The molecule has 0 fully saturated rings. The fourth-order valence-corrected chi connectivity index (χ4v) is 4.78. The highest BCUT2D eigenvalue weighted by Gasteiger charge is 2.30. The summed E-state index contributed by atoms with van der Waals surface area (Å²) in [6, 6.07) is 25.2. The monoisotopic (exact) mass is 504 g/mol. The number of amides is 2. The van der Waals surface area contributed by atoms with Gasteiger partial charge in [0.15, 0.2) is 0 Å². The van der Waals surface area contributed by atoms with Gasteiger partial charge in [0.05, 0.1) is 7.11 Å². The van der Waals surface area contributed by atoms with Gasteiger partial charge in [-0.1, -0.05) is 60.2 Å². The molecule has 3 aromatic rings. The van der Waals surface area contributed by atoms with E-state index in [0.29, 0.717) is 25.1 Å². The Bertz CT molecular complexity index is 1120. The van der Waals surface area contributed by atoms with Crippen LogP contribution in [0.5, 0.6) is 5.75 Å². The highest BCUT2D eigenvalue weighted by molar-refractivity contribution is 7.99. The topological polar surface area (TPSA) is 58.6 Å². The lowest BCUT2D eigenvalue weighted by molar-refractivity contribution is -0.141. The summed E-state index contributed by atoms with van der Waals surface area (Å²) in [6.45, 7) is 6.26. The first-order chi connectivity index (χ1) is 17.4. The summed E-state index contributed by atoms with van der Waals surface area (Å²) in [7, 11) is 1.62. The van der Waals surface area contributed by atoms with Gasteiger partial charge < -0.3 is 15.0 Å². The van der Waals surface area contributed by atoms with Crippen molar-refractivity contribution in [1.82, 2.24) is 10.2 Å². The Balaban J connectivity index is 1.85. The molecule has 1 N–H and O–H groups in total. The number of benzene rings is 3. The molecule has 3 aromatic carbocycles. The normalized spacial score (nSPS) is 11.7. The Labute approximate surface area is 219 Å². The second kappa shape index (κ2) is 13.7. The van der Waals surface area contributed by atoms with Crippen molar-refractivity contribution in [2.75, 3.05) is 12.9 Å². The van der Waals surface area contributed by atoms with Gasteiger partial charge in [0.25, 0.3) is 0 Å². The van der Waals surface area contributed by atoms with Gasteiger partial charge in [0, 0.05) is 36.1 Å². The predicted octanol–water partition coefficient (Wildman–Crippen LogP) is 5.65. The average Bonchev–Trinajstić information content (AvgIpc) is 2.87. The van der Waals surface area contributed by atoms with E-state index >= 15 is 0 Å². The van der Waals surface area contributed by atoms with E-state index < -0.39 is 6.04 Å². The zero-order valence-corrected chi connectivity index (χ0v) is 22.4. The number of carbonyl (C=O) groups is 2. The molecule has 0 bridgehead atoms. The van der Waals surface area contributed by atoms with E-state index in [0.717, 1.165) is 21.8 Å². The molecule has 0 saturated heterocycles. The van der Waals surface area contributed by atoms with Crippen LogP contribution in [0.4, 0.5) is 0 Å². The molecule has 2 amide bonds. The molecule has 1 atom stereocenters. The number of nitrogens with one attached hydrogen (secondary N) is 1. The Hall–Kier alpha value is -3.25. The summed E-state index contributed by atoms with van der Waals surface area (Å²) in [5, 5.41) is 3.03. The quantitative estimate of drug-likeness (QED) is 0.324. The van der Waals surface area contributed by atoms with Crippen LogP contribution in [0.25, 0.3) is 0 Å². The van der Waals surface area contributed by atoms with E-state index in [1.54, 1.807) is 23.8 Å². The molecule has 0 aliphatic carbocycles. The zero-order valence-electron chi connectivity index (χ0n) is 21.6. The number of nitrogens with zero attached hydrogens (tertiary/aromatic N) is 1. The Kier molecular flexibility index (Phi) is 10.4. The minimum atomic E-state index is -0.627. The van der Waals surface area contributed by atoms with Crippen LogP contribution in [0.15, 0.2) is 83.8 Å². The summed E-state index contributed by atoms with van der Waals surface area (Å²) in [4.78, 5) is 29.9. The second-order valence-corrected chi connectivity index (χ2v) is 10.3. The van der Waals surface area contributed by atoms with Crippen LogP contribution in [0.1, 0.15) is 37.0 Å².